The number of urea groups is 1. The number of amidine groups is 1. The van der Waals surface area contributed by atoms with Crippen molar-refractivity contribution in [1.82, 2.24) is 4.90 Å². The normalized spacial score (nSPS) is 35.3. The van der Waals surface area contributed by atoms with Crippen molar-refractivity contribution in [2.45, 2.75) is 57.9 Å². The van der Waals surface area contributed by atoms with Crippen LogP contribution < -0.4 is 5.73 Å². The topological polar surface area (TPSA) is 58.7 Å². The number of nitrogens with zero attached hydrogens (tertiary/aromatic N) is 2. The van der Waals surface area contributed by atoms with Crippen molar-refractivity contribution in [3.63, 3.8) is 0 Å². The van der Waals surface area contributed by atoms with Gasteiger partial charge >= 0.3 is 6.03 Å². The van der Waals surface area contributed by atoms with E-state index in [4.69, 9.17) is 5.73 Å². The van der Waals surface area contributed by atoms with Crippen molar-refractivity contribution in [2.75, 3.05) is 6.54 Å². The molecule has 106 valence electrons. The smallest absolute Gasteiger partial charge is 0.346 e. The van der Waals surface area contributed by atoms with Crippen LogP contribution in [0.4, 0.5) is 4.79 Å². The Morgan fingerprint density at radius 2 is 1.95 bits per heavy atom. The summed E-state index contributed by atoms with van der Waals surface area (Å²) in [6, 6.07) is -0.0904. The van der Waals surface area contributed by atoms with E-state index >= 15 is 0 Å². The van der Waals surface area contributed by atoms with Crippen LogP contribution in [0, 0.1) is 17.8 Å². The van der Waals surface area contributed by atoms with E-state index in [0.717, 1.165) is 31.2 Å². The molecule has 0 saturated heterocycles. The van der Waals surface area contributed by atoms with Gasteiger partial charge in [-0.1, -0.05) is 13.8 Å². The van der Waals surface area contributed by atoms with Crippen LogP contribution in [0.1, 0.15) is 52.4 Å². The molecule has 2 N–H and O–H groups in total. The standard InChI is InChI=1S/C15H25N3O/c1-10(2)12-5-7-15(8-6-12)13(16)17-14(19)18(15)9-11-3-4-11/h10-12H,3-9H2,1-2H3,(H2,16,17,19). The SMILES string of the molecule is CC(C)C1CCC2(CC1)C(N)=NC(=O)N2CC1CC1. The summed E-state index contributed by atoms with van der Waals surface area (Å²) in [4.78, 5) is 18.2. The van der Waals surface area contributed by atoms with Gasteiger partial charge < -0.3 is 10.6 Å². The fourth-order valence-corrected chi connectivity index (χ4v) is 3.71. The van der Waals surface area contributed by atoms with Gasteiger partial charge in [0.05, 0.1) is 0 Å². The summed E-state index contributed by atoms with van der Waals surface area (Å²) < 4.78 is 0. The molecule has 1 heterocycles. The lowest BCUT2D eigenvalue weighted by Gasteiger charge is -2.44. The Hall–Kier alpha value is -1.06. The maximum Gasteiger partial charge on any atom is 0.346 e. The van der Waals surface area contributed by atoms with Crippen LogP contribution in [0.2, 0.25) is 0 Å². The van der Waals surface area contributed by atoms with E-state index in [-0.39, 0.29) is 11.6 Å². The number of aliphatic imine (C=N–C) groups is 1. The molecule has 0 aromatic carbocycles. The van der Waals surface area contributed by atoms with Crippen molar-refractivity contribution in [3.8, 4) is 0 Å². The summed E-state index contributed by atoms with van der Waals surface area (Å²) in [6.07, 6.45) is 6.86. The summed E-state index contributed by atoms with van der Waals surface area (Å²) in [5, 5.41) is 0. The summed E-state index contributed by atoms with van der Waals surface area (Å²) in [6.45, 7) is 5.46. The van der Waals surface area contributed by atoms with Crippen molar-refractivity contribution < 1.29 is 4.79 Å². The maximum atomic E-state index is 12.1. The van der Waals surface area contributed by atoms with E-state index in [9.17, 15) is 4.79 Å². The van der Waals surface area contributed by atoms with Crippen LogP contribution in [-0.4, -0.2) is 28.9 Å². The van der Waals surface area contributed by atoms with Crippen LogP contribution in [0.15, 0.2) is 4.99 Å². The highest BCUT2D eigenvalue weighted by molar-refractivity contribution is 6.05. The molecule has 2 fully saturated rings. The van der Waals surface area contributed by atoms with Crippen LogP contribution in [0.3, 0.4) is 0 Å². The summed E-state index contributed by atoms with van der Waals surface area (Å²) in [5.74, 6) is 2.78. The quantitative estimate of drug-likeness (QED) is 0.851. The molecule has 1 aliphatic heterocycles. The molecule has 0 atom stereocenters. The number of amides is 2. The third kappa shape index (κ3) is 2.15. The lowest BCUT2D eigenvalue weighted by Crippen LogP contribution is -2.56. The van der Waals surface area contributed by atoms with Gasteiger partial charge in [0.25, 0.3) is 0 Å². The van der Waals surface area contributed by atoms with Crippen molar-refractivity contribution in [1.29, 1.82) is 0 Å². The molecule has 4 nitrogen and oxygen atoms in total. The number of hydrogen-bond acceptors (Lipinski definition) is 2. The van der Waals surface area contributed by atoms with Gasteiger partial charge in [0.1, 0.15) is 11.4 Å². The molecule has 3 aliphatic rings. The van der Waals surface area contributed by atoms with Gasteiger partial charge in [-0.25, -0.2) is 4.79 Å². The molecule has 0 unspecified atom stereocenters. The van der Waals surface area contributed by atoms with Gasteiger partial charge in [-0.15, -0.1) is 0 Å². The highest BCUT2D eigenvalue weighted by Gasteiger charge is 2.51. The van der Waals surface area contributed by atoms with Crippen LogP contribution >= 0.6 is 0 Å². The molecule has 0 radical (unpaired) electrons. The fourth-order valence-electron chi connectivity index (χ4n) is 3.71. The Morgan fingerprint density at radius 3 is 2.47 bits per heavy atom. The number of rotatable bonds is 3. The maximum absolute atomic E-state index is 12.1. The second-order valence-electron chi connectivity index (χ2n) is 6.95. The van der Waals surface area contributed by atoms with Gasteiger partial charge in [0.15, 0.2) is 0 Å². The minimum absolute atomic E-state index is 0.0904. The first-order valence-corrected chi connectivity index (χ1v) is 7.69. The first kappa shape index (κ1) is 12.9. The minimum atomic E-state index is -0.231. The third-order valence-corrected chi connectivity index (χ3v) is 5.38. The first-order valence-electron chi connectivity index (χ1n) is 7.69. The zero-order valence-electron chi connectivity index (χ0n) is 12.1. The zero-order valence-corrected chi connectivity index (χ0v) is 12.1. The average molecular weight is 263 g/mol. The average Bonchev–Trinajstić information content (AvgIpc) is 3.16. The van der Waals surface area contributed by atoms with Gasteiger partial charge in [0, 0.05) is 6.54 Å². The van der Waals surface area contributed by atoms with Gasteiger partial charge in [-0.05, 0) is 56.3 Å². The Bertz CT molecular complexity index is 404. The monoisotopic (exact) mass is 263 g/mol. The highest BCUT2D eigenvalue weighted by Crippen LogP contribution is 2.44. The zero-order chi connectivity index (χ0) is 13.6. The molecule has 0 aromatic rings. The van der Waals surface area contributed by atoms with E-state index in [1.54, 1.807) is 0 Å². The lowest BCUT2D eigenvalue weighted by molar-refractivity contribution is 0.111. The van der Waals surface area contributed by atoms with Crippen LogP contribution in [0.5, 0.6) is 0 Å². The summed E-state index contributed by atoms with van der Waals surface area (Å²) >= 11 is 0. The first-order chi connectivity index (χ1) is 9.03. The minimum Gasteiger partial charge on any atom is -0.385 e. The molecule has 2 saturated carbocycles. The van der Waals surface area contributed by atoms with Gasteiger partial charge in [-0.2, -0.15) is 4.99 Å². The molecule has 0 bridgehead atoms. The van der Waals surface area contributed by atoms with E-state index in [0.29, 0.717) is 11.8 Å². The number of carbonyl (C=O) groups is 1. The summed E-state index contributed by atoms with van der Waals surface area (Å²) in [7, 11) is 0. The van der Waals surface area contributed by atoms with Crippen molar-refractivity contribution in [2.24, 2.45) is 28.5 Å². The number of carbonyl (C=O) groups excluding carboxylic acids is 1. The second-order valence-corrected chi connectivity index (χ2v) is 6.95. The van der Waals surface area contributed by atoms with Crippen LogP contribution in [0.25, 0.3) is 0 Å². The Kier molecular flexibility index (Phi) is 3.06. The molecule has 3 rings (SSSR count). The molecular formula is C15H25N3O. The second kappa shape index (κ2) is 4.50. The molecule has 2 aliphatic carbocycles. The van der Waals surface area contributed by atoms with Gasteiger partial charge in [0.2, 0.25) is 0 Å². The van der Waals surface area contributed by atoms with E-state index in [2.05, 4.69) is 18.8 Å². The van der Waals surface area contributed by atoms with Gasteiger partial charge in [-0.3, -0.25) is 0 Å². The third-order valence-electron chi connectivity index (χ3n) is 5.38. The molecule has 4 heteroatoms. The molecule has 0 aromatic heterocycles. The number of hydrogen-bond donors (Lipinski definition) is 1. The molecule has 19 heavy (non-hydrogen) atoms. The van der Waals surface area contributed by atoms with Crippen molar-refractivity contribution >= 4 is 11.9 Å². The molecule has 1 spiro atoms. The van der Waals surface area contributed by atoms with Crippen LogP contribution in [-0.2, 0) is 0 Å². The Labute approximate surface area is 115 Å². The lowest BCUT2D eigenvalue weighted by atomic mass is 9.72. The predicted molar refractivity (Wildman–Crippen MR) is 76.0 cm³/mol. The number of nitrogens with two attached hydrogens (primary N) is 1. The van der Waals surface area contributed by atoms with Crippen molar-refractivity contribution in [3.05, 3.63) is 0 Å². The summed E-state index contributed by atoms with van der Waals surface area (Å²) in [5.41, 5.74) is 5.90. The predicted octanol–water partition coefficient (Wildman–Crippen LogP) is 2.77. The molecule has 2 amide bonds. The van der Waals surface area contributed by atoms with E-state index < -0.39 is 0 Å². The van der Waals surface area contributed by atoms with E-state index in [1.807, 2.05) is 4.90 Å². The Morgan fingerprint density at radius 1 is 1.32 bits per heavy atom. The highest BCUT2D eigenvalue weighted by atomic mass is 16.2. The van der Waals surface area contributed by atoms with E-state index in [1.165, 1.54) is 25.7 Å². The fraction of sp³-hybridized carbons (Fsp3) is 0.867. The Balaban J connectivity index is 1.76. The molecular weight excluding hydrogens is 238 g/mol. The largest absolute Gasteiger partial charge is 0.385 e.